The van der Waals surface area contributed by atoms with E-state index in [9.17, 15) is 9.59 Å². The van der Waals surface area contributed by atoms with E-state index >= 15 is 0 Å². The van der Waals surface area contributed by atoms with Gasteiger partial charge in [0.25, 0.3) is 0 Å². The molecule has 21 heavy (non-hydrogen) atoms. The predicted octanol–water partition coefficient (Wildman–Crippen LogP) is 1.92. The van der Waals surface area contributed by atoms with Crippen LogP contribution in [0.3, 0.4) is 0 Å². The summed E-state index contributed by atoms with van der Waals surface area (Å²) in [5, 5.41) is 0.799. The van der Waals surface area contributed by atoms with Gasteiger partial charge in [0, 0.05) is 46.6 Å². The van der Waals surface area contributed by atoms with Crippen molar-refractivity contribution >= 4 is 39.7 Å². The number of hydrogen-bond donors (Lipinski definition) is 1. The van der Waals surface area contributed by atoms with Crippen LogP contribution in [0.4, 0.5) is 0 Å². The molecule has 0 radical (unpaired) electrons. The quantitative estimate of drug-likeness (QED) is 0.938. The van der Waals surface area contributed by atoms with Gasteiger partial charge in [0.15, 0.2) is 5.43 Å². The summed E-state index contributed by atoms with van der Waals surface area (Å²) in [7, 11) is 0. The summed E-state index contributed by atoms with van der Waals surface area (Å²) < 4.78 is 1.06. The van der Waals surface area contributed by atoms with Crippen molar-refractivity contribution in [2.75, 3.05) is 13.1 Å². The summed E-state index contributed by atoms with van der Waals surface area (Å²) in [4.78, 5) is 26.7. The predicted molar refractivity (Wildman–Crippen MR) is 88.1 cm³/mol. The van der Waals surface area contributed by atoms with E-state index in [2.05, 4.69) is 4.90 Å². The van der Waals surface area contributed by atoms with Crippen LogP contribution in [-0.2, 0) is 17.8 Å². The molecule has 112 valence electrons. The van der Waals surface area contributed by atoms with Gasteiger partial charge in [-0.15, -0.1) is 23.7 Å². The van der Waals surface area contributed by atoms with E-state index in [1.165, 1.54) is 4.88 Å². The largest absolute Gasteiger partial charge is 0.370 e. The highest BCUT2D eigenvalue weighted by molar-refractivity contribution is 7.18. The van der Waals surface area contributed by atoms with E-state index < -0.39 is 0 Å². The third-order valence-electron chi connectivity index (χ3n) is 3.69. The van der Waals surface area contributed by atoms with Crippen LogP contribution in [0.1, 0.15) is 16.9 Å². The Bertz CT molecular complexity index is 729. The van der Waals surface area contributed by atoms with Gasteiger partial charge in [-0.1, -0.05) is 12.1 Å². The molecule has 1 aliphatic heterocycles. The van der Waals surface area contributed by atoms with Crippen LogP contribution in [0.5, 0.6) is 0 Å². The smallest absolute Gasteiger partial charge is 0.218 e. The van der Waals surface area contributed by atoms with Crippen LogP contribution >= 0.6 is 23.7 Å². The maximum atomic E-state index is 12.5. The van der Waals surface area contributed by atoms with Crippen LogP contribution in [0.25, 0.3) is 10.1 Å². The zero-order valence-electron chi connectivity index (χ0n) is 11.5. The lowest BCUT2D eigenvalue weighted by atomic mass is 10.1. The molecule has 2 aromatic rings. The van der Waals surface area contributed by atoms with Gasteiger partial charge in [0.1, 0.15) is 0 Å². The van der Waals surface area contributed by atoms with Crippen LogP contribution in [-0.4, -0.2) is 23.9 Å². The second-order valence-electron chi connectivity index (χ2n) is 5.07. The maximum absolute atomic E-state index is 12.5. The Kier molecular flexibility index (Phi) is 4.98. The van der Waals surface area contributed by atoms with Crippen molar-refractivity contribution in [3.8, 4) is 0 Å². The highest BCUT2D eigenvalue weighted by Gasteiger charge is 2.21. The average molecular weight is 325 g/mol. The maximum Gasteiger partial charge on any atom is 0.218 e. The first-order valence-corrected chi connectivity index (χ1v) is 7.51. The number of primary amides is 1. The van der Waals surface area contributed by atoms with E-state index in [0.717, 1.165) is 28.6 Å². The molecule has 6 heteroatoms. The Morgan fingerprint density at radius 2 is 2.10 bits per heavy atom. The number of benzene rings is 1. The molecule has 0 unspecified atom stereocenters. The minimum absolute atomic E-state index is 0. The lowest BCUT2D eigenvalue weighted by molar-refractivity contribution is -0.118. The Morgan fingerprint density at radius 3 is 2.86 bits per heavy atom. The summed E-state index contributed by atoms with van der Waals surface area (Å²) in [6.45, 7) is 2.14. The first-order valence-electron chi connectivity index (χ1n) is 6.69. The topological polar surface area (TPSA) is 63.4 Å². The second kappa shape index (κ2) is 6.56. The molecule has 1 aliphatic rings. The van der Waals surface area contributed by atoms with E-state index in [1.54, 1.807) is 11.3 Å². The Morgan fingerprint density at radius 1 is 1.33 bits per heavy atom. The van der Waals surface area contributed by atoms with Gasteiger partial charge in [-0.3, -0.25) is 14.5 Å². The van der Waals surface area contributed by atoms with Gasteiger partial charge in [0.2, 0.25) is 5.91 Å². The number of carbonyl (C=O) groups excluding carboxylic acids is 1. The number of nitrogens with zero attached hydrogens (tertiary/aromatic N) is 1. The molecule has 0 fully saturated rings. The van der Waals surface area contributed by atoms with Crippen molar-refractivity contribution in [1.29, 1.82) is 0 Å². The first-order chi connectivity index (χ1) is 9.65. The normalized spacial score (nSPS) is 14.5. The van der Waals surface area contributed by atoms with Gasteiger partial charge in [0.05, 0.1) is 0 Å². The molecular formula is C15H17ClN2O2S. The molecule has 2 heterocycles. The van der Waals surface area contributed by atoms with Crippen molar-refractivity contribution in [2.24, 2.45) is 5.73 Å². The number of rotatable bonds is 3. The number of carbonyl (C=O) groups is 1. The fourth-order valence-electron chi connectivity index (χ4n) is 2.61. The zero-order valence-corrected chi connectivity index (χ0v) is 13.1. The summed E-state index contributed by atoms with van der Waals surface area (Å²) in [6, 6.07) is 7.75. The highest BCUT2D eigenvalue weighted by atomic mass is 35.5. The summed E-state index contributed by atoms with van der Waals surface area (Å²) >= 11 is 1.71. The Labute approximate surface area is 133 Å². The number of halogens is 1. The monoisotopic (exact) mass is 324 g/mol. The molecule has 0 spiro atoms. The lowest BCUT2D eigenvalue weighted by Gasteiger charge is -2.27. The van der Waals surface area contributed by atoms with Gasteiger partial charge in [-0.2, -0.15) is 0 Å². The molecular weight excluding hydrogens is 308 g/mol. The molecule has 0 saturated heterocycles. The van der Waals surface area contributed by atoms with Crippen molar-refractivity contribution in [3.05, 3.63) is 44.9 Å². The molecule has 1 amide bonds. The molecule has 0 bridgehead atoms. The molecule has 2 N–H and O–H groups in total. The SMILES string of the molecule is Cl.NC(=O)CCN1CCc2sc3ccccc3c(=O)c2C1. The van der Waals surface area contributed by atoms with E-state index in [1.807, 2.05) is 24.3 Å². The van der Waals surface area contributed by atoms with Crippen molar-refractivity contribution in [3.63, 3.8) is 0 Å². The number of fused-ring (bicyclic) bond motifs is 2. The van der Waals surface area contributed by atoms with E-state index in [4.69, 9.17) is 5.73 Å². The number of nitrogens with two attached hydrogens (primary N) is 1. The summed E-state index contributed by atoms with van der Waals surface area (Å²) in [6.07, 6.45) is 1.22. The number of hydrogen-bond acceptors (Lipinski definition) is 4. The summed E-state index contributed by atoms with van der Waals surface area (Å²) in [5.41, 5.74) is 6.21. The van der Waals surface area contributed by atoms with Gasteiger partial charge in [-0.05, 0) is 18.6 Å². The molecule has 0 saturated carbocycles. The lowest BCUT2D eigenvalue weighted by Crippen LogP contribution is -2.35. The second-order valence-corrected chi connectivity index (χ2v) is 6.21. The van der Waals surface area contributed by atoms with Crippen LogP contribution in [0.15, 0.2) is 29.1 Å². The third-order valence-corrected chi connectivity index (χ3v) is 4.96. The summed E-state index contributed by atoms with van der Waals surface area (Å²) in [5.74, 6) is -0.292. The molecule has 1 aromatic heterocycles. The average Bonchev–Trinajstić information content (AvgIpc) is 2.46. The van der Waals surface area contributed by atoms with Gasteiger partial charge < -0.3 is 5.73 Å². The molecule has 3 rings (SSSR count). The van der Waals surface area contributed by atoms with Crippen molar-refractivity contribution in [1.82, 2.24) is 4.90 Å². The van der Waals surface area contributed by atoms with Crippen LogP contribution in [0.2, 0.25) is 0 Å². The van der Waals surface area contributed by atoms with E-state index in [-0.39, 0.29) is 23.7 Å². The fourth-order valence-corrected chi connectivity index (χ4v) is 3.77. The molecule has 0 aliphatic carbocycles. The minimum atomic E-state index is -0.292. The Hall–Kier alpha value is -1.43. The van der Waals surface area contributed by atoms with Gasteiger partial charge >= 0.3 is 0 Å². The molecule has 1 aromatic carbocycles. The van der Waals surface area contributed by atoms with Crippen molar-refractivity contribution in [2.45, 2.75) is 19.4 Å². The minimum Gasteiger partial charge on any atom is -0.370 e. The fraction of sp³-hybridized carbons (Fsp3) is 0.333. The van der Waals surface area contributed by atoms with Crippen molar-refractivity contribution < 1.29 is 4.79 Å². The zero-order chi connectivity index (χ0) is 14.1. The van der Waals surface area contributed by atoms with E-state index in [0.29, 0.717) is 19.5 Å². The Balaban J connectivity index is 0.00000161. The molecule has 4 nitrogen and oxygen atoms in total. The standard InChI is InChI=1S/C15H16N2O2S.ClH/c16-14(18)6-8-17-7-5-13-11(9-17)15(19)10-3-1-2-4-12(10)20-13;/h1-4H,5-9H2,(H2,16,18);1H. The van der Waals surface area contributed by atoms with Crippen LogP contribution in [0, 0.1) is 0 Å². The molecule has 0 atom stereocenters. The third kappa shape index (κ3) is 3.26. The highest BCUT2D eigenvalue weighted by Crippen LogP contribution is 2.26. The number of amides is 1. The van der Waals surface area contributed by atoms with Gasteiger partial charge in [-0.25, -0.2) is 0 Å². The first kappa shape index (κ1) is 15.9. The van der Waals surface area contributed by atoms with Crippen LogP contribution < -0.4 is 11.2 Å².